The number of nitrogens with one attached hydrogen (secondary N) is 2. The molecule has 1 saturated heterocycles. The molecule has 0 spiro atoms. The number of nitrogens with two attached hydrogens (primary N) is 2. The third-order valence-corrected chi connectivity index (χ3v) is 10.3. The quantitative estimate of drug-likeness (QED) is 0.0641. The lowest BCUT2D eigenvalue weighted by Crippen LogP contribution is -2.48. The number of nitrogen functional groups attached to an aromatic ring is 2. The Balaban J connectivity index is 0.651. The number of anilines is 3. The average molecular weight is 830 g/mol. The maximum atomic E-state index is 12.5. The van der Waals surface area contributed by atoms with Crippen molar-refractivity contribution in [2.75, 3.05) is 115 Å². The first-order valence-corrected chi connectivity index (χ1v) is 20.7. The van der Waals surface area contributed by atoms with Gasteiger partial charge in [-0.05, 0) is 31.0 Å². The van der Waals surface area contributed by atoms with Gasteiger partial charge in [0.25, 0.3) is 6.01 Å². The van der Waals surface area contributed by atoms with Crippen molar-refractivity contribution in [2.45, 2.75) is 45.2 Å². The molecule has 0 bridgehead atoms. The number of aryl methyl sites for hydroxylation is 1. The van der Waals surface area contributed by atoms with Crippen LogP contribution in [0.25, 0.3) is 33.4 Å². The number of ketones is 1. The number of carbonyl (C=O) groups is 2. The molecule has 0 radical (unpaired) electrons. The smallest absolute Gasteiger partial charge is 0.292 e. The first-order chi connectivity index (χ1) is 29.4. The number of aromatic nitrogens is 7. The third kappa shape index (κ3) is 11.9. The van der Waals surface area contributed by atoms with Crippen molar-refractivity contribution in [1.82, 2.24) is 50.2 Å². The number of piperazine rings is 1. The molecule has 0 unspecified atom stereocenters. The van der Waals surface area contributed by atoms with Crippen LogP contribution in [0.15, 0.2) is 35.1 Å². The van der Waals surface area contributed by atoms with Gasteiger partial charge >= 0.3 is 0 Å². The maximum absolute atomic E-state index is 12.5. The van der Waals surface area contributed by atoms with Gasteiger partial charge in [-0.2, -0.15) is 10.1 Å². The minimum absolute atomic E-state index is 0.0728. The summed E-state index contributed by atoms with van der Waals surface area (Å²) >= 11 is 0. The molecule has 2 aliphatic rings. The topological polar surface area (TPSA) is 249 Å². The molecule has 1 aromatic carbocycles. The van der Waals surface area contributed by atoms with Gasteiger partial charge in [-0.1, -0.05) is 0 Å². The maximum Gasteiger partial charge on any atom is 0.292 e. The second-order valence-electron chi connectivity index (χ2n) is 14.6. The minimum Gasteiger partial charge on any atom is -0.424 e. The monoisotopic (exact) mass is 829 g/mol. The summed E-state index contributed by atoms with van der Waals surface area (Å²) in [7, 11) is 0. The summed E-state index contributed by atoms with van der Waals surface area (Å²) in [5.74, 6) is 1.23. The van der Waals surface area contributed by atoms with Crippen LogP contribution in [0.2, 0.25) is 0 Å². The Bertz CT molecular complexity index is 2170. The molecular weight excluding hydrogens is 775 g/mol. The molecule has 1 amide bonds. The van der Waals surface area contributed by atoms with Gasteiger partial charge in [0.1, 0.15) is 29.1 Å². The zero-order valence-electron chi connectivity index (χ0n) is 34.0. The molecule has 0 aliphatic carbocycles. The highest BCUT2D eigenvalue weighted by molar-refractivity contribution is 5.99. The Morgan fingerprint density at radius 3 is 2.40 bits per heavy atom. The van der Waals surface area contributed by atoms with Gasteiger partial charge in [0, 0.05) is 88.9 Å². The van der Waals surface area contributed by atoms with Crippen molar-refractivity contribution in [3.8, 4) is 11.3 Å². The summed E-state index contributed by atoms with van der Waals surface area (Å²) in [6, 6.07) is 5.61. The number of rotatable bonds is 24. The fraction of sp³-hybridized carbons (Fsp3) is 0.550. The highest BCUT2D eigenvalue weighted by Crippen LogP contribution is 2.32. The first kappa shape index (κ1) is 42.7. The second-order valence-corrected chi connectivity index (χ2v) is 14.6. The van der Waals surface area contributed by atoms with Crippen molar-refractivity contribution in [3.63, 3.8) is 0 Å². The van der Waals surface area contributed by atoms with E-state index in [1.807, 2.05) is 23.0 Å². The Hall–Kier alpha value is -5.38. The number of oxazole rings is 1. The van der Waals surface area contributed by atoms with Gasteiger partial charge in [0.2, 0.25) is 11.9 Å². The Morgan fingerprint density at radius 1 is 0.867 bits per heavy atom. The largest absolute Gasteiger partial charge is 0.424 e. The standard InChI is InChI=1S/C40H55N13O7/c41-37-35-36(28-3-4-33-32(23-28)48-39(42)60-33)50-53(38(35)47-27-46-37)10-2-1-8-44-34(55)7-16-57-18-20-59-22-21-58-19-17-56-15-6-30(54)26-51-11-13-52(14-12-51)40-45-25-29-24-43-9-5-31(29)49-40/h3-4,23,25,27,43H,1-2,5-22,24,26H2,(H2,42,48)(H,44,55)(H2,41,46,47). The third-order valence-electron chi connectivity index (χ3n) is 10.3. The predicted octanol–water partition coefficient (Wildman–Crippen LogP) is 1.37. The fourth-order valence-corrected chi connectivity index (χ4v) is 7.11. The molecule has 6 N–H and O–H groups in total. The normalized spacial score (nSPS) is 14.6. The minimum atomic E-state index is -0.0728. The van der Waals surface area contributed by atoms with E-state index in [0.717, 1.165) is 75.7 Å². The molecule has 2 aliphatic heterocycles. The number of amides is 1. The Kier molecular flexibility index (Phi) is 15.5. The van der Waals surface area contributed by atoms with Crippen LogP contribution in [-0.2, 0) is 48.0 Å². The van der Waals surface area contributed by atoms with E-state index in [9.17, 15) is 9.59 Å². The van der Waals surface area contributed by atoms with Gasteiger partial charge in [0.05, 0.1) is 70.5 Å². The van der Waals surface area contributed by atoms with E-state index in [2.05, 4.69) is 40.4 Å². The van der Waals surface area contributed by atoms with Crippen LogP contribution in [0.1, 0.15) is 36.9 Å². The molecule has 0 saturated carbocycles. The fourth-order valence-electron chi connectivity index (χ4n) is 7.11. The SMILES string of the molecule is Nc1nc2cc(-c3nn(CCCCNC(=O)CCOCCOCCOCCOCCC(=O)CN4CCN(c5ncc6c(n5)CCNC6)CC4)c4ncnc(N)c34)ccc2o1. The van der Waals surface area contributed by atoms with Crippen molar-refractivity contribution in [1.29, 1.82) is 0 Å². The van der Waals surface area contributed by atoms with Gasteiger partial charge < -0.3 is 50.4 Å². The highest BCUT2D eigenvalue weighted by atomic mass is 16.6. The highest BCUT2D eigenvalue weighted by Gasteiger charge is 2.22. The molecule has 7 rings (SSSR count). The van der Waals surface area contributed by atoms with E-state index in [4.69, 9.17) is 44.9 Å². The molecule has 20 nitrogen and oxygen atoms in total. The van der Waals surface area contributed by atoms with E-state index >= 15 is 0 Å². The van der Waals surface area contributed by atoms with Gasteiger partial charge in [0.15, 0.2) is 11.2 Å². The number of carbonyl (C=O) groups excluding carboxylic acids is 2. The van der Waals surface area contributed by atoms with Crippen LogP contribution < -0.4 is 27.0 Å². The van der Waals surface area contributed by atoms with Crippen LogP contribution in [-0.4, -0.2) is 150 Å². The van der Waals surface area contributed by atoms with E-state index in [1.165, 1.54) is 11.9 Å². The zero-order valence-corrected chi connectivity index (χ0v) is 34.0. The molecule has 60 heavy (non-hydrogen) atoms. The number of hydrogen-bond acceptors (Lipinski definition) is 18. The molecule has 5 aromatic rings. The van der Waals surface area contributed by atoms with Crippen LogP contribution in [0.3, 0.4) is 0 Å². The molecule has 6 heterocycles. The molecule has 1 fully saturated rings. The Morgan fingerprint density at radius 2 is 1.62 bits per heavy atom. The number of benzene rings is 1. The number of unbranched alkanes of at least 4 members (excludes halogenated alkanes) is 1. The number of hydrogen-bond donors (Lipinski definition) is 4. The number of fused-ring (bicyclic) bond motifs is 3. The average Bonchev–Trinajstić information content (AvgIpc) is 3.83. The molecule has 4 aromatic heterocycles. The number of ether oxygens (including phenoxy) is 4. The van der Waals surface area contributed by atoms with Crippen molar-refractivity contribution >= 4 is 51.6 Å². The zero-order chi connectivity index (χ0) is 41.5. The van der Waals surface area contributed by atoms with Crippen molar-refractivity contribution < 1.29 is 33.0 Å². The molecule has 0 atom stereocenters. The second kappa shape index (κ2) is 21.7. The van der Waals surface area contributed by atoms with Gasteiger partial charge in [-0.3, -0.25) is 14.5 Å². The summed E-state index contributed by atoms with van der Waals surface area (Å²) in [4.78, 5) is 51.4. The summed E-state index contributed by atoms with van der Waals surface area (Å²) in [6.07, 6.45) is 6.45. The summed E-state index contributed by atoms with van der Waals surface area (Å²) in [6.45, 7) is 9.74. The molecule has 20 heteroatoms. The van der Waals surface area contributed by atoms with Crippen LogP contribution in [0, 0.1) is 0 Å². The lowest BCUT2D eigenvalue weighted by atomic mass is 10.1. The predicted molar refractivity (Wildman–Crippen MR) is 223 cm³/mol. The van der Waals surface area contributed by atoms with E-state index < -0.39 is 0 Å². The Labute approximate surface area is 347 Å². The van der Waals surface area contributed by atoms with Crippen LogP contribution in [0.4, 0.5) is 17.8 Å². The van der Waals surface area contributed by atoms with Gasteiger partial charge in [-0.15, -0.1) is 0 Å². The summed E-state index contributed by atoms with van der Waals surface area (Å²) < 4.78 is 29.5. The van der Waals surface area contributed by atoms with E-state index in [-0.39, 0.29) is 24.1 Å². The summed E-state index contributed by atoms with van der Waals surface area (Å²) in [5.41, 5.74) is 17.6. The van der Waals surface area contributed by atoms with Crippen molar-refractivity contribution in [2.24, 2.45) is 0 Å². The number of Topliss-reactive ketones (excluding diaryl/α,β-unsaturated/α-hetero) is 1. The first-order valence-electron chi connectivity index (χ1n) is 20.7. The molecule has 322 valence electrons. The van der Waals surface area contributed by atoms with Crippen molar-refractivity contribution in [3.05, 3.63) is 42.0 Å². The van der Waals surface area contributed by atoms with E-state index in [1.54, 1.807) is 6.07 Å². The van der Waals surface area contributed by atoms with Crippen LogP contribution >= 0.6 is 0 Å². The molecular formula is C40H55N13O7. The lowest BCUT2D eigenvalue weighted by Gasteiger charge is -2.34. The van der Waals surface area contributed by atoms with Gasteiger partial charge in [-0.25, -0.2) is 24.6 Å². The lowest BCUT2D eigenvalue weighted by molar-refractivity contribution is -0.122. The van der Waals surface area contributed by atoms with E-state index in [0.29, 0.717) is 113 Å². The van der Waals surface area contributed by atoms with Crippen LogP contribution in [0.5, 0.6) is 0 Å². The number of nitrogens with zero attached hydrogens (tertiary/aromatic N) is 9. The summed E-state index contributed by atoms with van der Waals surface area (Å²) in [5, 5.41) is 11.8.